The average Bonchev–Trinajstić information content (AvgIpc) is 2.49. The van der Waals surface area contributed by atoms with Crippen molar-refractivity contribution < 1.29 is 19.1 Å². The number of benzene rings is 2. The van der Waals surface area contributed by atoms with Gasteiger partial charge in [0.25, 0.3) is 5.91 Å². The van der Waals surface area contributed by atoms with E-state index in [-0.39, 0.29) is 17.6 Å². The number of para-hydroxylation sites is 2. The molecule has 1 N–H and O–H groups in total. The Morgan fingerprint density at radius 3 is 2.59 bits per heavy atom. The summed E-state index contributed by atoms with van der Waals surface area (Å²) in [5, 5.41) is 2.77. The Morgan fingerprint density at radius 2 is 1.86 bits per heavy atom. The van der Waals surface area contributed by atoms with Gasteiger partial charge in [0.05, 0.1) is 5.69 Å². The van der Waals surface area contributed by atoms with Gasteiger partial charge in [0, 0.05) is 6.92 Å². The third-order valence-electron chi connectivity index (χ3n) is 3.02. The highest BCUT2D eigenvalue weighted by Gasteiger charge is 2.21. The molecule has 2 aromatic carbocycles. The maximum absolute atomic E-state index is 12.0. The molecular formula is C17H13NO4. The molecule has 1 heterocycles. The van der Waals surface area contributed by atoms with E-state index in [2.05, 4.69) is 5.32 Å². The van der Waals surface area contributed by atoms with Gasteiger partial charge in [-0.2, -0.15) is 0 Å². The molecule has 0 atom stereocenters. The number of fused-ring (bicyclic) bond motifs is 1. The molecule has 22 heavy (non-hydrogen) atoms. The molecule has 0 aliphatic carbocycles. The Balaban J connectivity index is 1.83. The van der Waals surface area contributed by atoms with E-state index in [4.69, 9.17) is 9.47 Å². The zero-order chi connectivity index (χ0) is 15.5. The van der Waals surface area contributed by atoms with Crippen molar-refractivity contribution in [3.8, 4) is 11.5 Å². The van der Waals surface area contributed by atoms with Gasteiger partial charge in [-0.25, -0.2) is 0 Å². The number of carbonyl (C=O) groups excluding carboxylic acids is 2. The lowest BCUT2D eigenvalue weighted by molar-refractivity contribution is -0.131. The molecule has 0 bridgehead atoms. The van der Waals surface area contributed by atoms with Crippen molar-refractivity contribution in [1.82, 2.24) is 0 Å². The molecular weight excluding hydrogens is 282 g/mol. The summed E-state index contributed by atoms with van der Waals surface area (Å²) in [7, 11) is 0. The second-order valence-electron chi connectivity index (χ2n) is 4.72. The van der Waals surface area contributed by atoms with Gasteiger partial charge in [-0.1, -0.05) is 24.3 Å². The molecule has 0 aromatic heterocycles. The zero-order valence-corrected chi connectivity index (χ0v) is 11.8. The van der Waals surface area contributed by atoms with Gasteiger partial charge >= 0.3 is 5.97 Å². The van der Waals surface area contributed by atoms with Gasteiger partial charge in [-0.3, -0.25) is 9.59 Å². The highest BCUT2D eigenvalue weighted by Crippen LogP contribution is 2.30. The summed E-state index contributed by atoms with van der Waals surface area (Å²) in [6, 6.07) is 14.0. The molecule has 0 radical (unpaired) electrons. The topological polar surface area (TPSA) is 64.6 Å². The first kappa shape index (κ1) is 13.9. The highest BCUT2D eigenvalue weighted by molar-refractivity contribution is 6.08. The van der Waals surface area contributed by atoms with Crippen LogP contribution >= 0.6 is 0 Å². The van der Waals surface area contributed by atoms with E-state index in [0.717, 1.165) is 5.56 Å². The first-order valence-electron chi connectivity index (χ1n) is 6.70. The number of amides is 1. The number of anilines is 1. The maximum atomic E-state index is 12.0. The second-order valence-corrected chi connectivity index (χ2v) is 4.72. The van der Waals surface area contributed by atoms with Crippen LogP contribution in [0.3, 0.4) is 0 Å². The van der Waals surface area contributed by atoms with Crippen molar-refractivity contribution in [2.24, 2.45) is 0 Å². The Morgan fingerprint density at radius 1 is 1.14 bits per heavy atom. The third-order valence-corrected chi connectivity index (χ3v) is 3.02. The molecule has 110 valence electrons. The first-order valence-corrected chi connectivity index (χ1v) is 6.70. The summed E-state index contributed by atoms with van der Waals surface area (Å²) in [4.78, 5) is 22.9. The van der Waals surface area contributed by atoms with Crippen LogP contribution in [0.1, 0.15) is 12.5 Å². The first-order chi connectivity index (χ1) is 10.6. The van der Waals surface area contributed by atoms with Crippen LogP contribution in [0, 0.1) is 0 Å². The van der Waals surface area contributed by atoms with Gasteiger partial charge in [0.15, 0.2) is 11.5 Å². The number of hydrogen-bond acceptors (Lipinski definition) is 4. The van der Waals surface area contributed by atoms with Crippen LogP contribution in [-0.2, 0) is 9.59 Å². The van der Waals surface area contributed by atoms with Crippen LogP contribution in [0.4, 0.5) is 5.69 Å². The minimum absolute atomic E-state index is 0.207. The molecule has 2 aromatic rings. The molecule has 1 aliphatic rings. The van der Waals surface area contributed by atoms with Crippen molar-refractivity contribution in [2.75, 3.05) is 5.32 Å². The summed E-state index contributed by atoms with van der Waals surface area (Å²) in [6.07, 6.45) is 1.63. The smallest absolute Gasteiger partial charge is 0.308 e. The summed E-state index contributed by atoms with van der Waals surface area (Å²) in [5.74, 6) is 0.582. The third kappa shape index (κ3) is 2.98. The van der Waals surface area contributed by atoms with Crippen LogP contribution in [0.5, 0.6) is 11.5 Å². The molecule has 1 amide bonds. The molecule has 0 saturated heterocycles. The van der Waals surface area contributed by atoms with E-state index in [1.807, 2.05) is 12.1 Å². The van der Waals surface area contributed by atoms with Crippen molar-refractivity contribution in [1.29, 1.82) is 0 Å². The fourth-order valence-electron chi connectivity index (χ4n) is 2.05. The minimum Gasteiger partial charge on any atom is -0.449 e. The van der Waals surface area contributed by atoms with Crippen LogP contribution < -0.4 is 14.8 Å². The van der Waals surface area contributed by atoms with E-state index in [9.17, 15) is 9.59 Å². The molecule has 3 rings (SSSR count). The van der Waals surface area contributed by atoms with Crippen LogP contribution in [0.15, 0.2) is 54.3 Å². The SMILES string of the molecule is CC(=O)Oc1ccc(C=C2Oc3ccccc3NC2=O)cc1. The number of rotatable bonds is 2. The Kier molecular flexibility index (Phi) is 3.62. The molecule has 1 aliphatic heterocycles. The van der Waals surface area contributed by atoms with Gasteiger partial charge in [0.1, 0.15) is 5.75 Å². The fourth-order valence-corrected chi connectivity index (χ4v) is 2.05. The van der Waals surface area contributed by atoms with E-state index >= 15 is 0 Å². The van der Waals surface area contributed by atoms with Gasteiger partial charge in [-0.15, -0.1) is 0 Å². The Bertz CT molecular complexity index is 762. The lowest BCUT2D eigenvalue weighted by atomic mass is 10.1. The predicted octanol–water partition coefficient (Wildman–Crippen LogP) is 2.98. The second kappa shape index (κ2) is 5.73. The number of nitrogens with one attached hydrogen (secondary N) is 1. The van der Waals surface area contributed by atoms with Crippen molar-refractivity contribution in [3.63, 3.8) is 0 Å². The Hall–Kier alpha value is -3.08. The molecule has 0 saturated carbocycles. The van der Waals surface area contributed by atoms with Crippen LogP contribution in [0.2, 0.25) is 0 Å². The van der Waals surface area contributed by atoms with Gasteiger partial charge < -0.3 is 14.8 Å². The van der Waals surface area contributed by atoms with Crippen LogP contribution in [0.25, 0.3) is 6.08 Å². The van der Waals surface area contributed by atoms with Gasteiger partial charge in [0.2, 0.25) is 0 Å². The predicted molar refractivity (Wildman–Crippen MR) is 81.4 cm³/mol. The molecule has 0 unspecified atom stereocenters. The number of esters is 1. The normalized spacial score (nSPS) is 14.8. The van der Waals surface area contributed by atoms with Crippen molar-refractivity contribution >= 4 is 23.6 Å². The molecule has 0 fully saturated rings. The summed E-state index contributed by atoms with van der Waals surface area (Å²) in [6.45, 7) is 1.34. The van der Waals surface area contributed by atoms with Crippen LogP contribution in [-0.4, -0.2) is 11.9 Å². The lowest BCUT2D eigenvalue weighted by Gasteiger charge is -2.19. The van der Waals surface area contributed by atoms with Crippen molar-refractivity contribution in [2.45, 2.75) is 6.92 Å². The fraction of sp³-hybridized carbons (Fsp3) is 0.0588. The largest absolute Gasteiger partial charge is 0.449 e. The van der Waals surface area contributed by atoms with E-state index < -0.39 is 0 Å². The summed E-state index contributed by atoms with van der Waals surface area (Å²) >= 11 is 0. The lowest BCUT2D eigenvalue weighted by Crippen LogP contribution is -2.23. The Labute approximate surface area is 127 Å². The summed E-state index contributed by atoms with van der Waals surface area (Å²) < 4.78 is 10.6. The van der Waals surface area contributed by atoms with E-state index in [1.165, 1.54) is 6.92 Å². The number of hydrogen-bond donors (Lipinski definition) is 1. The average molecular weight is 295 g/mol. The standard InChI is InChI=1S/C17H13NO4/c1-11(19)21-13-8-6-12(7-9-13)10-16-17(20)18-14-4-2-3-5-15(14)22-16/h2-10H,1H3,(H,18,20). The van der Waals surface area contributed by atoms with Gasteiger partial charge in [-0.05, 0) is 35.9 Å². The minimum atomic E-state index is -0.377. The van der Waals surface area contributed by atoms with E-state index in [0.29, 0.717) is 17.2 Å². The highest BCUT2D eigenvalue weighted by atomic mass is 16.5. The number of carbonyl (C=O) groups is 2. The summed E-state index contributed by atoms with van der Waals surface area (Å²) in [5.41, 5.74) is 1.41. The molecule has 5 heteroatoms. The maximum Gasteiger partial charge on any atom is 0.308 e. The number of ether oxygens (including phenoxy) is 2. The molecule has 5 nitrogen and oxygen atoms in total. The van der Waals surface area contributed by atoms with E-state index in [1.54, 1.807) is 42.5 Å². The quantitative estimate of drug-likeness (QED) is 0.525. The monoisotopic (exact) mass is 295 g/mol. The van der Waals surface area contributed by atoms with Crippen molar-refractivity contribution in [3.05, 3.63) is 59.9 Å². The zero-order valence-electron chi connectivity index (χ0n) is 11.8. The molecule has 0 spiro atoms.